The van der Waals surface area contributed by atoms with E-state index in [1.807, 2.05) is 41.8 Å². The van der Waals surface area contributed by atoms with Crippen molar-refractivity contribution in [1.82, 2.24) is 9.88 Å². The van der Waals surface area contributed by atoms with Crippen molar-refractivity contribution in [1.29, 1.82) is 0 Å². The Labute approximate surface area is 168 Å². The average Bonchev–Trinajstić information content (AvgIpc) is 3.25. The number of hydrogen-bond donors (Lipinski definition) is 1. The number of aromatic nitrogens is 1. The van der Waals surface area contributed by atoms with Gasteiger partial charge in [-0.05, 0) is 44.1 Å². The van der Waals surface area contributed by atoms with Crippen LogP contribution in [0.3, 0.4) is 0 Å². The first-order valence-corrected chi connectivity index (χ1v) is 10.4. The molecule has 0 bridgehead atoms. The summed E-state index contributed by atoms with van der Waals surface area (Å²) < 4.78 is 13.8. The summed E-state index contributed by atoms with van der Waals surface area (Å²) in [7, 11) is 0. The third-order valence-corrected chi connectivity index (χ3v) is 5.75. The molecule has 1 aliphatic heterocycles. The molecule has 4 rings (SSSR count). The van der Waals surface area contributed by atoms with Gasteiger partial charge in [-0.15, -0.1) is 11.3 Å². The topological polar surface area (TPSA) is 45.2 Å². The van der Waals surface area contributed by atoms with Crippen LogP contribution in [-0.4, -0.2) is 28.9 Å². The van der Waals surface area contributed by atoms with Crippen molar-refractivity contribution >= 4 is 22.9 Å². The number of carbonyl (C=O) groups is 1. The Balaban J connectivity index is 1.32. The molecule has 1 fully saturated rings. The lowest BCUT2D eigenvalue weighted by atomic mass is 9.95. The number of anilines is 1. The monoisotopic (exact) mass is 395 g/mol. The molecule has 2 heterocycles. The molecule has 0 unspecified atom stereocenters. The molecule has 0 atom stereocenters. The summed E-state index contributed by atoms with van der Waals surface area (Å²) in [6.07, 6.45) is 1.57. The first-order valence-electron chi connectivity index (χ1n) is 9.44. The highest BCUT2D eigenvalue weighted by atomic mass is 32.1. The van der Waals surface area contributed by atoms with Crippen LogP contribution in [0.1, 0.15) is 18.4 Å². The van der Waals surface area contributed by atoms with Gasteiger partial charge in [0, 0.05) is 34.7 Å². The maximum atomic E-state index is 13.8. The van der Waals surface area contributed by atoms with Gasteiger partial charge in [-0.1, -0.05) is 30.3 Å². The molecule has 1 N–H and O–H groups in total. The molecule has 0 saturated carbocycles. The molecule has 3 aromatic rings. The van der Waals surface area contributed by atoms with Gasteiger partial charge in [0.25, 0.3) is 0 Å². The summed E-state index contributed by atoms with van der Waals surface area (Å²) in [4.78, 5) is 19.2. The van der Waals surface area contributed by atoms with E-state index in [9.17, 15) is 9.18 Å². The van der Waals surface area contributed by atoms with E-state index in [2.05, 4.69) is 15.2 Å². The number of rotatable bonds is 5. The van der Waals surface area contributed by atoms with Crippen LogP contribution in [0.4, 0.5) is 10.1 Å². The van der Waals surface area contributed by atoms with Crippen molar-refractivity contribution in [2.24, 2.45) is 5.92 Å². The number of piperidine rings is 1. The SMILES string of the molecule is O=C(Nc1cccc(-c2cscn2)c1)C1CCN(Cc2ccccc2F)CC1. The molecule has 1 aliphatic rings. The van der Waals surface area contributed by atoms with Gasteiger partial charge in [0.15, 0.2) is 0 Å². The summed E-state index contributed by atoms with van der Waals surface area (Å²) in [5.74, 6) is -0.122. The maximum Gasteiger partial charge on any atom is 0.227 e. The smallest absolute Gasteiger partial charge is 0.227 e. The molecule has 0 radical (unpaired) electrons. The lowest BCUT2D eigenvalue weighted by molar-refractivity contribution is -0.121. The van der Waals surface area contributed by atoms with Crippen LogP contribution in [0.5, 0.6) is 0 Å². The fourth-order valence-electron chi connectivity index (χ4n) is 3.58. The van der Waals surface area contributed by atoms with Crippen LogP contribution in [0.25, 0.3) is 11.3 Å². The van der Waals surface area contributed by atoms with E-state index in [-0.39, 0.29) is 17.6 Å². The number of amides is 1. The fourth-order valence-corrected chi connectivity index (χ4v) is 4.14. The third-order valence-electron chi connectivity index (χ3n) is 5.17. The summed E-state index contributed by atoms with van der Waals surface area (Å²) in [5, 5.41) is 5.04. The molecule has 0 spiro atoms. The van der Waals surface area contributed by atoms with E-state index in [0.29, 0.717) is 12.1 Å². The molecule has 144 valence electrons. The Hall–Kier alpha value is -2.57. The van der Waals surface area contributed by atoms with Crippen LogP contribution in [0, 0.1) is 11.7 Å². The lowest BCUT2D eigenvalue weighted by Crippen LogP contribution is -2.37. The van der Waals surface area contributed by atoms with Crippen molar-refractivity contribution in [2.75, 3.05) is 18.4 Å². The number of hydrogen-bond acceptors (Lipinski definition) is 4. The van der Waals surface area contributed by atoms with Gasteiger partial charge in [-0.25, -0.2) is 9.37 Å². The second-order valence-electron chi connectivity index (χ2n) is 7.09. The van der Waals surface area contributed by atoms with Crippen molar-refractivity contribution in [2.45, 2.75) is 19.4 Å². The van der Waals surface area contributed by atoms with Gasteiger partial charge in [0.2, 0.25) is 5.91 Å². The first kappa shape index (κ1) is 18.8. The number of nitrogens with one attached hydrogen (secondary N) is 1. The normalized spacial score (nSPS) is 15.5. The second-order valence-corrected chi connectivity index (χ2v) is 7.80. The summed E-state index contributed by atoms with van der Waals surface area (Å²) in [5.41, 5.74) is 5.23. The largest absolute Gasteiger partial charge is 0.326 e. The van der Waals surface area contributed by atoms with Crippen LogP contribution in [0.15, 0.2) is 59.4 Å². The number of carbonyl (C=O) groups excluding carboxylic acids is 1. The molecule has 1 saturated heterocycles. The van der Waals surface area contributed by atoms with Gasteiger partial charge in [0.1, 0.15) is 5.82 Å². The predicted octanol–water partition coefficient (Wildman–Crippen LogP) is 4.80. The Kier molecular flexibility index (Phi) is 5.78. The van der Waals surface area contributed by atoms with Crippen molar-refractivity contribution < 1.29 is 9.18 Å². The van der Waals surface area contributed by atoms with E-state index in [1.54, 1.807) is 22.9 Å². The van der Waals surface area contributed by atoms with E-state index in [4.69, 9.17) is 0 Å². The van der Waals surface area contributed by atoms with E-state index >= 15 is 0 Å². The molecular weight excluding hydrogens is 373 g/mol. The minimum atomic E-state index is -0.164. The van der Waals surface area contributed by atoms with Gasteiger partial charge in [0.05, 0.1) is 11.2 Å². The number of halogens is 1. The van der Waals surface area contributed by atoms with Crippen molar-refractivity contribution in [3.63, 3.8) is 0 Å². The number of benzene rings is 2. The minimum absolute atomic E-state index is 0.0141. The Morgan fingerprint density at radius 3 is 2.75 bits per heavy atom. The summed E-state index contributed by atoms with van der Waals surface area (Å²) in [6, 6.07) is 14.7. The van der Waals surface area contributed by atoms with Gasteiger partial charge >= 0.3 is 0 Å². The van der Waals surface area contributed by atoms with Crippen LogP contribution in [0.2, 0.25) is 0 Å². The Morgan fingerprint density at radius 1 is 1.18 bits per heavy atom. The van der Waals surface area contributed by atoms with Crippen LogP contribution < -0.4 is 5.32 Å². The number of thiazole rings is 1. The van der Waals surface area contributed by atoms with Gasteiger partial charge in [-0.3, -0.25) is 9.69 Å². The van der Waals surface area contributed by atoms with Crippen LogP contribution >= 0.6 is 11.3 Å². The highest BCUT2D eigenvalue weighted by Crippen LogP contribution is 2.25. The summed E-state index contributed by atoms with van der Waals surface area (Å²) in [6.45, 7) is 2.19. The maximum absolute atomic E-state index is 13.8. The fraction of sp³-hybridized carbons (Fsp3) is 0.273. The molecule has 0 aliphatic carbocycles. The summed E-state index contributed by atoms with van der Waals surface area (Å²) >= 11 is 1.55. The molecule has 28 heavy (non-hydrogen) atoms. The standard InChI is InChI=1S/C22H22FN3OS/c23-20-7-2-1-4-18(20)13-26-10-8-16(9-11-26)22(27)25-19-6-3-5-17(12-19)21-14-28-15-24-21/h1-7,12,14-16H,8-11,13H2,(H,25,27). The van der Waals surface area contributed by atoms with E-state index < -0.39 is 0 Å². The predicted molar refractivity (Wildman–Crippen MR) is 111 cm³/mol. The van der Waals surface area contributed by atoms with E-state index in [0.717, 1.165) is 42.9 Å². The molecule has 2 aromatic carbocycles. The Morgan fingerprint density at radius 2 is 2.00 bits per heavy atom. The zero-order valence-corrected chi connectivity index (χ0v) is 16.3. The Bertz CT molecular complexity index is 936. The highest BCUT2D eigenvalue weighted by Gasteiger charge is 2.25. The first-order chi connectivity index (χ1) is 13.7. The lowest BCUT2D eigenvalue weighted by Gasteiger charge is -2.31. The number of nitrogens with zero attached hydrogens (tertiary/aromatic N) is 2. The highest BCUT2D eigenvalue weighted by molar-refractivity contribution is 7.07. The van der Waals surface area contributed by atoms with Gasteiger partial charge < -0.3 is 5.32 Å². The number of likely N-dealkylation sites (tertiary alicyclic amines) is 1. The molecule has 1 aromatic heterocycles. The molecule has 6 heteroatoms. The van der Waals surface area contributed by atoms with Crippen LogP contribution in [-0.2, 0) is 11.3 Å². The molecular formula is C22H22FN3OS. The minimum Gasteiger partial charge on any atom is -0.326 e. The molecule has 1 amide bonds. The van der Waals surface area contributed by atoms with Crippen molar-refractivity contribution in [3.05, 3.63) is 70.8 Å². The van der Waals surface area contributed by atoms with E-state index in [1.165, 1.54) is 6.07 Å². The second kappa shape index (κ2) is 8.63. The zero-order valence-electron chi connectivity index (χ0n) is 15.5. The quantitative estimate of drug-likeness (QED) is 0.675. The molecule has 4 nitrogen and oxygen atoms in total. The zero-order chi connectivity index (χ0) is 19.3. The van der Waals surface area contributed by atoms with Gasteiger partial charge in [-0.2, -0.15) is 0 Å². The third kappa shape index (κ3) is 4.46. The van der Waals surface area contributed by atoms with Crippen molar-refractivity contribution in [3.8, 4) is 11.3 Å². The average molecular weight is 396 g/mol.